The van der Waals surface area contributed by atoms with Crippen molar-refractivity contribution in [2.45, 2.75) is 68.4 Å². The lowest BCUT2D eigenvalue weighted by Gasteiger charge is -2.43. The zero-order valence-corrected chi connectivity index (χ0v) is 22.6. The topological polar surface area (TPSA) is 185 Å². The van der Waals surface area contributed by atoms with Crippen molar-refractivity contribution in [2.24, 2.45) is 16.5 Å². The zero-order valence-electron chi connectivity index (χ0n) is 22.6. The molecule has 1 fully saturated rings. The summed E-state index contributed by atoms with van der Waals surface area (Å²) in [6.07, 6.45) is 3.39. The molecule has 210 valence electrons. The van der Waals surface area contributed by atoms with Crippen molar-refractivity contribution in [1.82, 2.24) is 25.8 Å². The number of nitrogens with zero attached hydrogens (tertiary/aromatic N) is 3. The summed E-state index contributed by atoms with van der Waals surface area (Å²) >= 11 is 0. The highest BCUT2D eigenvalue weighted by Crippen LogP contribution is 2.39. The Balaban J connectivity index is 1.23. The van der Waals surface area contributed by atoms with Gasteiger partial charge in [0.05, 0.1) is 6.04 Å². The maximum absolute atomic E-state index is 13.6. The van der Waals surface area contributed by atoms with Gasteiger partial charge in [0.25, 0.3) is 11.8 Å². The third-order valence-corrected chi connectivity index (χ3v) is 8.80. The van der Waals surface area contributed by atoms with Crippen LogP contribution in [0.3, 0.4) is 0 Å². The number of aliphatic hydroxyl groups is 1. The van der Waals surface area contributed by atoms with Gasteiger partial charge in [-0.1, -0.05) is 32.0 Å². The molecule has 12 heteroatoms. The number of carbonyl (C=O) groups excluding carboxylic acids is 2. The number of benzene rings is 1. The molecule has 9 N–H and O–H groups in total. The zero-order chi connectivity index (χ0) is 28.2. The number of nitrogens with one attached hydrogen (secondary N) is 4. The molecule has 0 radical (unpaired) electrons. The van der Waals surface area contributed by atoms with Crippen LogP contribution in [0.25, 0.3) is 0 Å². The molecule has 6 rings (SSSR count). The monoisotopic (exact) mass is 546 g/mol. The number of aliphatic hydroxyl groups excluding tert-OH is 1. The molecule has 1 saturated heterocycles. The highest BCUT2D eigenvalue weighted by Gasteiger charge is 2.68. The predicted octanol–water partition coefficient (Wildman–Crippen LogP) is -2.34. The van der Waals surface area contributed by atoms with E-state index in [-0.39, 0.29) is 47.9 Å². The fraction of sp³-hybridized carbons (Fsp3) is 0.464. The minimum absolute atomic E-state index is 0.00228. The van der Waals surface area contributed by atoms with E-state index < -0.39 is 29.9 Å². The molecule has 3 aliphatic heterocycles. The molecule has 12 nitrogen and oxygen atoms in total. The van der Waals surface area contributed by atoms with Gasteiger partial charge in [-0.25, -0.2) is 10.3 Å². The van der Waals surface area contributed by atoms with Crippen molar-refractivity contribution in [1.29, 1.82) is 0 Å². The van der Waals surface area contributed by atoms with E-state index in [1.165, 1.54) is 5.56 Å². The number of aromatic nitrogens is 1. The Bertz CT molecular complexity index is 1410. The van der Waals surface area contributed by atoms with E-state index in [4.69, 9.17) is 11.5 Å². The number of amides is 2. The second-order valence-electron chi connectivity index (χ2n) is 11.7. The average Bonchev–Trinajstić information content (AvgIpc) is 3.43. The Morgan fingerprint density at radius 1 is 1.20 bits per heavy atom. The molecular weight excluding hydrogens is 510 g/mol. The first-order chi connectivity index (χ1) is 19.1. The number of hydrogen-bond acceptors (Lipinski definition) is 9. The molecule has 1 spiro atoms. The lowest BCUT2D eigenvalue weighted by Crippen LogP contribution is -2.88. The maximum Gasteiger partial charge on any atom is 0.343 e. The summed E-state index contributed by atoms with van der Waals surface area (Å²) in [6.45, 7) is 4.78. The molecule has 5 atom stereocenters. The fourth-order valence-electron chi connectivity index (χ4n) is 6.86. The number of hydrogen-bond donors (Lipinski definition) is 7. The summed E-state index contributed by atoms with van der Waals surface area (Å²) in [4.78, 5) is 39.9. The van der Waals surface area contributed by atoms with Crippen molar-refractivity contribution >= 4 is 23.7 Å². The van der Waals surface area contributed by atoms with Crippen LogP contribution in [0.15, 0.2) is 47.6 Å². The van der Waals surface area contributed by atoms with E-state index in [0.29, 0.717) is 5.56 Å². The van der Waals surface area contributed by atoms with Crippen molar-refractivity contribution in [3.8, 4) is 0 Å². The summed E-state index contributed by atoms with van der Waals surface area (Å²) < 4.78 is 0. The van der Waals surface area contributed by atoms with E-state index in [1.807, 2.05) is 12.1 Å². The SMILES string of the molecule is CC1(C)CCCc2c(C(=O)N[C@@H]3CN4C(N)=N[C@@H](CNC(=O)c5ccccn5)C5[NH+]=C(N)NC54[C@@H]3O)cccc21. The number of fused-ring (bicyclic) bond motifs is 1. The van der Waals surface area contributed by atoms with Crippen LogP contribution in [0.5, 0.6) is 0 Å². The number of aliphatic imine (C=N–C) groups is 1. The summed E-state index contributed by atoms with van der Waals surface area (Å²) in [5.41, 5.74) is 14.6. The van der Waals surface area contributed by atoms with Crippen LogP contribution in [0.4, 0.5) is 0 Å². The summed E-state index contributed by atoms with van der Waals surface area (Å²) in [5, 5.41) is 20.8. The van der Waals surface area contributed by atoms with Gasteiger partial charge in [0, 0.05) is 24.8 Å². The van der Waals surface area contributed by atoms with Crippen LogP contribution in [-0.4, -0.2) is 81.7 Å². The number of nitrogens with two attached hydrogens (primary N) is 2. The Hall–Kier alpha value is -4.19. The maximum atomic E-state index is 13.6. The molecule has 2 aromatic rings. The molecule has 2 amide bonds. The Morgan fingerprint density at radius 2 is 2.02 bits per heavy atom. The minimum atomic E-state index is -1.16. The lowest BCUT2D eigenvalue weighted by molar-refractivity contribution is -0.513. The first-order valence-electron chi connectivity index (χ1n) is 13.7. The van der Waals surface area contributed by atoms with Gasteiger partial charge < -0.3 is 26.4 Å². The van der Waals surface area contributed by atoms with E-state index >= 15 is 0 Å². The second-order valence-corrected chi connectivity index (χ2v) is 11.7. The minimum Gasteiger partial charge on any atom is -0.385 e. The van der Waals surface area contributed by atoms with Crippen LogP contribution in [0.2, 0.25) is 0 Å². The van der Waals surface area contributed by atoms with Gasteiger partial charge >= 0.3 is 5.96 Å². The van der Waals surface area contributed by atoms with Crippen LogP contribution in [0, 0.1) is 0 Å². The fourth-order valence-corrected chi connectivity index (χ4v) is 6.86. The number of rotatable bonds is 5. The molecule has 2 unspecified atom stereocenters. The van der Waals surface area contributed by atoms with Gasteiger partial charge in [0.1, 0.15) is 17.8 Å². The molecule has 1 aromatic heterocycles. The van der Waals surface area contributed by atoms with Crippen molar-refractivity contribution in [3.63, 3.8) is 0 Å². The molecule has 1 aliphatic carbocycles. The Morgan fingerprint density at radius 3 is 2.80 bits per heavy atom. The van der Waals surface area contributed by atoms with Gasteiger partial charge in [-0.05, 0) is 54.0 Å². The second kappa shape index (κ2) is 9.47. The summed E-state index contributed by atoms with van der Waals surface area (Å²) in [5.74, 6) is -0.137. The largest absolute Gasteiger partial charge is 0.385 e. The van der Waals surface area contributed by atoms with Gasteiger partial charge in [-0.15, -0.1) is 0 Å². The van der Waals surface area contributed by atoms with Crippen molar-refractivity contribution in [3.05, 3.63) is 65.0 Å². The Labute approximate surface area is 232 Å². The predicted molar refractivity (Wildman–Crippen MR) is 148 cm³/mol. The van der Waals surface area contributed by atoms with Gasteiger partial charge in [0.15, 0.2) is 12.0 Å². The first kappa shape index (κ1) is 26.1. The number of guanidine groups is 2. The van der Waals surface area contributed by atoms with Gasteiger partial charge in [-0.3, -0.25) is 25.3 Å². The van der Waals surface area contributed by atoms with Crippen LogP contribution >= 0.6 is 0 Å². The van der Waals surface area contributed by atoms with Crippen LogP contribution in [-0.2, 0) is 11.8 Å². The normalized spacial score (nSPS) is 29.7. The first-order valence-corrected chi connectivity index (χ1v) is 13.7. The highest BCUT2D eigenvalue weighted by atomic mass is 16.3. The smallest absolute Gasteiger partial charge is 0.343 e. The molecule has 4 heterocycles. The van der Waals surface area contributed by atoms with Gasteiger partial charge in [0.2, 0.25) is 5.66 Å². The van der Waals surface area contributed by atoms with Crippen molar-refractivity contribution in [2.75, 3.05) is 13.1 Å². The molecule has 0 bridgehead atoms. The van der Waals surface area contributed by atoms with E-state index in [9.17, 15) is 14.7 Å². The van der Waals surface area contributed by atoms with E-state index in [1.54, 1.807) is 29.3 Å². The molecule has 0 saturated carbocycles. The lowest BCUT2D eigenvalue weighted by atomic mass is 9.71. The molecular formula is C28H36N9O3+. The van der Waals surface area contributed by atoms with E-state index in [2.05, 4.69) is 50.8 Å². The highest BCUT2D eigenvalue weighted by molar-refractivity contribution is 5.97. The number of pyridine rings is 1. The van der Waals surface area contributed by atoms with Crippen LogP contribution in [0.1, 0.15) is 58.7 Å². The van der Waals surface area contributed by atoms with E-state index in [0.717, 1.165) is 24.8 Å². The third-order valence-electron chi connectivity index (χ3n) is 8.80. The standard InChI is InChI=1S/C28H35N9O3/c1-27(2)11-6-8-15-16(7-5-9-17(15)27)23(39)33-20-14-37-26(30)34-19(13-32-24(40)18-10-3-4-12-31-18)21-28(37,22(20)38)36-25(29)35-21/h3-5,7,9-10,12,19-22,38H,6,8,11,13-14H2,1-2H3,(H2,30,34)(H,32,40)(H,33,39)(H3,29,35,36)/p+1/t19-,20+,21?,22+,28?/m0/s1. The molecule has 4 aliphatic rings. The molecule has 1 aromatic carbocycles. The number of carbonyl (C=O) groups is 2. The Kier molecular flexibility index (Phi) is 6.17. The summed E-state index contributed by atoms with van der Waals surface area (Å²) in [6, 6.07) is 9.23. The van der Waals surface area contributed by atoms with Crippen LogP contribution < -0.4 is 32.4 Å². The molecule has 40 heavy (non-hydrogen) atoms. The quantitative estimate of drug-likeness (QED) is 0.217. The summed E-state index contributed by atoms with van der Waals surface area (Å²) in [7, 11) is 0. The average molecular weight is 547 g/mol. The van der Waals surface area contributed by atoms with Gasteiger partial charge in [-0.2, -0.15) is 0 Å². The third kappa shape index (κ3) is 4.05. The van der Waals surface area contributed by atoms with Crippen molar-refractivity contribution < 1.29 is 19.7 Å².